The van der Waals surface area contributed by atoms with Crippen molar-refractivity contribution in [2.24, 2.45) is 0 Å². The number of ether oxygens (including phenoxy) is 2. The van der Waals surface area contributed by atoms with Crippen molar-refractivity contribution in [3.8, 4) is 11.5 Å². The topological polar surface area (TPSA) is 54.0 Å². The maximum atomic E-state index is 12.4. The van der Waals surface area contributed by atoms with Crippen LogP contribution in [-0.4, -0.2) is 61.8 Å². The van der Waals surface area contributed by atoms with Crippen LogP contribution in [0.4, 0.5) is 5.69 Å². The Morgan fingerprint density at radius 2 is 1.91 bits per heavy atom. The van der Waals surface area contributed by atoms with Gasteiger partial charge in [-0.1, -0.05) is 24.3 Å². The predicted octanol–water partition coefficient (Wildman–Crippen LogP) is 3.80. The first-order chi connectivity index (χ1) is 15.8. The van der Waals surface area contributed by atoms with E-state index < -0.39 is 0 Å². The maximum absolute atomic E-state index is 12.4. The van der Waals surface area contributed by atoms with Crippen LogP contribution in [0.25, 0.3) is 0 Å². The molecule has 0 aromatic heterocycles. The Kier molecular flexibility index (Phi) is 7.13. The summed E-state index contributed by atoms with van der Waals surface area (Å²) in [6.45, 7) is 13.5. The van der Waals surface area contributed by atoms with Crippen molar-refractivity contribution in [1.29, 1.82) is 0 Å². The molecule has 6 nitrogen and oxygen atoms in total. The zero-order chi connectivity index (χ0) is 23.4. The summed E-state index contributed by atoms with van der Waals surface area (Å²) < 4.78 is 11.8. The fraction of sp³-hybridized carbons (Fsp3) is 0.519. The number of carbonyl (C=O) groups is 1. The molecule has 4 rings (SSSR count). The molecule has 6 heteroatoms. The molecule has 0 aliphatic carbocycles. The minimum absolute atomic E-state index is 0.000249. The molecule has 0 bridgehead atoms. The highest BCUT2D eigenvalue weighted by Gasteiger charge is 2.32. The number of anilines is 1. The lowest BCUT2D eigenvalue weighted by molar-refractivity contribution is -0.123. The van der Waals surface area contributed by atoms with E-state index in [2.05, 4.69) is 73.1 Å². The first-order valence-electron chi connectivity index (χ1n) is 12.1. The Morgan fingerprint density at radius 3 is 2.67 bits per heavy atom. The molecule has 2 aliphatic heterocycles. The third-order valence-corrected chi connectivity index (χ3v) is 6.44. The van der Waals surface area contributed by atoms with Crippen molar-refractivity contribution in [2.75, 3.05) is 44.2 Å². The molecule has 0 saturated carbocycles. The largest absolute Gasteiger partial charge is 0.483 e. The van der Waals surface area contributed by atoms with E-state index in [1.807, 2.05) is 12.1 Å². The lowest BCUT2D eigenvalue weighted by Crippen LogP contribution is -2.47. The minimum Gasteiger partial charge on any atom is -0.483 e. The summed E-state index contributed by atoms with van der Waals surface area (Å²) in [5.74, 6) is 1.32. The molecule has 33 heavy (non-hydrogen) atoms. The van der Waals surface area contributed by atoms with Gasteiger partial charge < -0.3 is 19.7 Å². The van der Waals surface area contributed by atoms with Gasteiger partial charge in [0.2, 0.25) is 0 Å². The first-order valence-corrected chi connectivity index (χ1v) is 12.1. The van der Waals surface area contributed by atoms with Gasteiger partial charge in [-0.05, 0) is 57.9 Å². The summed E-state index contributed by atoms with van der Waals surface area (Å²) in [5.41, 5.74) is 3.52. The van der Waals surface area contributed by atoms with Crippen molar-refractivity contribution in [3.05, 3.63) is 53.6 Å². The SMILES string of the molecule is Cc1cccc(N2CCN(CCC(C)NC(=O)COc3cccc4c3OC(C)(C)C4)CC2)c1. The van der Waals surface area contributed by atoms with Crippen molar-refractivity contribution in [1.82, 2.24) is 10.2 Å². The van der Waals surface area contributed by atoms with Crippen molar-refractivity contribution in [2.45, 2.75) is 52.2 Å². The minimum atomic E-state index is -0.232. The average Bonchev–Trinajstić information content (AvgIpc) is 3.11. The number of nitrogens with zero attached hydrogens (tertiary/aromatic N) is 2. The molecule has 2 heterocycles. The van der Waals surface area contributed by atoms with Crippen LogP contribution in [0, 0.1) is 6.92 Å². The number of amides is 1. The third kappa shape index (κ3) is 6.20. The van der Waals surface area contributed by atoms with Gasteiger partial charge in [-0.15, -0.1) is 0 Å². The van der Waals surface area contributed by atoms with Crippen molar-refractivity contribution in [3.63, 3.8) is 0 Å². The van der Waals surface area contributed by atoms with Crippen molar-refractivity contribution < 1.29 is 14.3 Å². The van der Waals surface area contributed by atoms with Gasteiger partial charge in [0, 0.05) is 56.4 Å². The highest BCUT2D eigenvalue weighted by Crippen LogP contribution is 2.41. The number of rotatable bonds is 8. The highest BCUT2D eigenvalue weighted by atomic mass is 16.5. The van der Waals surface area contributed by atoms with Crippen LogP contribution in [-0.2, 0) is 11.2 Å². The van der Waals surface area contributed by atoms with Gasteiger partial charge >= 0.3 is 0 Å². The highest BCUT2D eigenvalue weighted by molar-refractivity contribution is 5.78. The fourth-order valence-corrected chi connectivity index (χ4v) is 4.66. The van der Waals surface area contributed by atoms with Gasteiger partial charge in [-0.3, -0.25) is 9.69 Å². The summed E-state index contributed by atoms with van der Waals surface area (Å²) >= 11 is 0. The van der Waals surface area contributed by atoms with Crippen LogP contribution in [0.15, 0.2) is 42.5 Å². The number of carbonyl (C=O) groups excluding carboxylic acids is 1. The van der Waals surface area contributed by atoms with Gasteiger partial charge in [0.25, 0.3) is 5.91 Å². The third-order valence-electron chi connectivity index (χ3n) is 6.44. The number of hydrogen-bond donors (Lipinski definition) is 1. The van der Waals surface area contributed by atoms with Gasteiger partial charge in [-0.25, -0.2) is 0 Å². The quantitative estimate of drug-likeness (QED) is 0.662. The van der Waals surface area contributed by atoms with Crippen LogP contribution < -0.4 is 19.7 Å². The second kappa shape index (κ2) is 10.0. The van der Waals surface area contributed by atoms with E-state index in [0.717, 1.165) is 56.9 Å². The van der Waals surface area contributed by atoms with E-state index in [4.69, 9.17) is 9.47 Å². The number of piperazine rings is 1. The number of fused-ring (bicyclic) bond motifs is 1. The van der Waals surface area contributed by atoms with Crippen LogP contribution in [0.1, 0.15) is 38.3 Å². The second-order valence-electron chi connectivity index (χ2n) is 10.00. The van der Waals surface area contributed by atoms with Gasteiger partial charge in [0.1, 0.15) is 5.60 Å². The first kappa shape index (κ1) is 23.4. The summed E-state index contributed by atoms with van der Waals surface area (Å²) in [5, 5.41) is 3.07. The molecule has 1 saturated heterocycles. The number of para-hydroxylation sites is 1. The molecule has 2 aromatic rings. The van der Waals surface area contributed by atoms with E-state index in [0.29, 0.717) is 5.75 Å². The molecule has 2 aromatic carbocycles. The molecule has 1 atom stereocenters. The molecular weight excluding hydrogens is 414 g/mol. The smallest absolute Gasteiger partial charge is 0.258 e. The summed E-state index contributed by atoms with van der Waals surface area (Å²) in [6.07, 6.45) is 1.77. The Bertz CT molecular complexity index is 967. The van der Waals surface area contributed by atoms with E-state index >= 15 is 0 Å². The molecule has 0 spiro atoms. The fourth-order valence-electron chi connectivity index (χ4n) is 4.66. The molecule has 2 aliphatic rings. The molecule has 1 amide bonds. The standard InChI is InChI=1S/C27H37N3O3/c1-20-7-5-9-23(17-20)30-15-13-29(14-16-30)12-11-21(2)28-25(31)19-32-24-10-6-8-22-18-27(3,4)33-26(22)24/h5-10,17,21H,11-16,18-19H2,1-4H3,(H,28,31). The number of aryl methyl sites for hydroxylation is 1. The van der Waals surface area contributed by atoms with Crippen LogP contribution >= 0.6 is 0 Å². The Labute approximate surface area is 197 Å². The number of hydrogen-bond acceptors (Lipinski definition) is 5. The van der Waals surface area contributed by atoms with Crippen LogP contribution in [0.5, 0.6) is 11.5 Å². The average molecular weight is 452 g/mol. The summed E-state index contributed by atoms with van der Waals surface area (Å²) in [7, 11) is 0. The summed E-state index contributed by atoms with van der Waals surface area (Å²) in [6, 6.07) is 14.7. The van der Waals surface area contributed by atoms with E-state index in [1.165, 1.54) is 11.3 Å². The summed E-state index contributed by atoms with van der Waals surface area (Å²) in [4.78, 5) is 17.4. The molecule has 178 valence electrons. The Morgan fingerprint density at radius 1 is 1.15 bits per heavy atom. The molecule has 0 radical (unpaired) electrons. The molecule has 1 unspecified atom stereocenters. The number of nitrogens with one attached hydrogen (secondary N) is 1. The monoisotopic (exact) mass is 451 g/mol. The van der Waals surface area contributed by atoms with Gasteiger partial charge in [0.05, 0.1) is 0 Å². The lowest BCUT2D eigenvalue weighted by atomic mass is 10.0. The molecule has 1 fully saturated rings. The van der Waals surface area contributed by atoms with E-state index in [9.17, 15) is 4.79 Å². The van der Waals surface area contributed by atoms with Gasteiger partial charge in [-0.2, -0.15) is 0 Å². The second-order valence-corrected chi connectivity index (χ2v) is 10.00. The Hall–Kier alpha value is -2.73. The Balaban J connectivity index is 1.16. The molecular formula is C27H37N3O3. The molecule has 1 N–H and O–H groups in total. The number of benzene rings is 2. The zero-order valence-corrected chi connectivity index (χ0v) is 20.4. The van der Waals surface area contributed by atoms with Crippen LogP contribution in [0.3, 0.4) is 0 Å². The van der Waals surface area contributed by atoms with Crippen molar-refractivity contribution >= 4 is 11.6 Å². The maximum Gasteiger partial charge on any atom is 0.258 e. The van der Waals surface area contributed by atoms with E-state index in [1.54, 1.807) is 0 Å². The normalized spacial score (nSPS) is 18.4. The van der Waals surface area contributed by atoms with Gasteiger partial charge in [0.15, 0.2) is 18.1 Å². The zero-order valence-electron chi connectivity index (χ0n) is 20.4. The van der Waals surface area contributed by atoms with Crippen LogP contribution in [0.2, 0.25) is 0 Å². The lowest BCUT2D eigenvalue weighted by Gasteiger charge is -2.36. The van der Waals surface area contributed by atoms with E-state index in [-0.39, 0.29) is 24.2 Å². The predicted molar refractivity (Wildman–Crippen MR) is 132 cm³/mol.